The molecule has 1 heterocycles. The van der Waals surface area contributed by atoms with Crippen LogP contribution >= 0.6 is 0 Å². The number of methoxy groups -OCH3 is 1. The summed E-state index contributed by atoms with van der Waals surface area (Å²) >= 11 is 0. The molecule has 0 amide bonds. The van der Waals surface area contributed by atoms with Crippen molar-refractivity contribution < 1.29 is 17.9 Å². The zero-order valence-electron chi connectivity index (χ0n) is 19.2. The molecule has 176 valence electrons. The van der Waals surface area contributed by atoms with Crippen molar-refractivity contribution in [1.82, 2.24) is 14.7 Å². The lowest BCUT2D eigenvalue weighted by molar-refractivity contribution is 0.337. The zero-order valence-corrected chi connectivity index (χ0v) is 20.0. The molecule has 0 spiro atoms. The Labute approximate surface area is 194 Å². The van der Waals surface area contributed by atoms with Crippen LogP contribution in [-0.4, -0.2) is 45.2 Å². The van der Waals surface area contributed by atoms with Crippen LogP contribution in [0.5, 0.6) is 11.5 Å². The zero-order chi connectivity index (χ0) is 23.8. The van der Waals surface area contributed by atoms with Crippen LogP contribution in [-0.2, 0) is 10.0 Å². The van der Waals surface area contributed by atoms with Gasteiger partial charge in [0.25, 0.3) is 0 Å². The molecule has 0 fully saturated rings. The average Bonchev–Trinajstić information content (AvgIpc) is 2.78. The summed E-state index contributed by atoms with van der Waals surface area (Å²) in [5.41, 5.74) is 2.40. The number of aryl methyl sites for hydroxylation is 2. The lowest BCUT2D eigenvalue weighted by Crippen LogP contribution is -2.29. The molecule has 0 aliphatic carbocycles. The third-order valence-electron chi connectivity index (χ3n) is 4.67. The van der Waals surface area contributed by atoms with E-state index in [0.29, 0.717) is 30.7 Å². The van der Waals surface area contributed by atoms with Gasteiger partial charge in [-0.15, -0.1) is 0 Å². The molecule has 0 atom stereocenters. The first kappa shape index (κ1) is 24.3. The van der Waals surface area contributed by atoms with Gasteiger partial charge in [0.2, 0.25) is 16.0 Å². The van der Waals surface area contributed by atoms with Gasteiger partial charge in [-0.05, 0) is 68.8 Å². The Morgan fingerprint density at radius 3 is 2.39 bits per heavy atom. The first-order valence-corrected chi connectivity index (χ1v) is 12.0. The Bertz CT molecular complexity index is 1180. The molecular formula is C23H29N5O4S. The molecule has 3 N–H and O–H groups in total. The topological polar surface area (TPSA) is 114 Å². The van der Waals surface area contributed by atoms with Gasteiger partial charge < -0.3 is 20.1 Å². The number of hydrogen-bond acceptors (Lipinski definition) is 8. The molecule has 3 aromatic rings. The van der Waals surface area contributed by atoms with E-state index in [9.17, 15) is 8.42 Å². The SMILES string of the molecule is CCOc1ccc(S(=O)(=O)NCCNc2nc(C)cc(Nc3ccc(OC)cc3)n2)cc1C. The van der Waals surface area contributed by atoms with Gasteiger partial charge in [-0.2, -0.15) is 4.98 Å². The monoisotopic (exact) mass is 471 g/mol. The van der Waals surface area contributed by atoms with Crippen molar-refractivity contribution in [3.8, 4) is 11.5 Å². The lowest BCUT2D eigenvalue weighted by atomic mass is 10.2. The molecular weight excluding hydrogens is 442 g/mol. The molecule has 9 nitrogen and oxygen atoms in total. The molecule has 0 radical (unpaired) electrons. The number of aromatic nitrogens is 2. The van der Waals surface area contributed by atoms with Crippen molar-refractivity contribution in [2.75, 3.05) is 37.4 Å². The van der Waals surface area contributed by atoms with Gasteiger partial charge >= 0.3 is 0 Å². The Balaban J connectivity index is 1.57. The average molecular weight is 472 g/mol. The van der Waals surface area contributed by atoms with Crippen LogP contribution in [0, 0.1) is 13.8 Å². The van der Waals surface area contributed by atoms with E-state index < -0.39 is 10.0 Å². The molecule has 0 saturated carbocycles. The quantitative estimate of drug-likeness (QED) is 0.363. The third kappa shape index (κ3) is 6.80. The van der Waals surface area contributed by atoms with E-state index in [0.717, 1.165) is 22.7 Å². The summed E-state index contributed by atoms with van der Waals surface area (Å²) < 4.78 is 38.4. The van der Waals surface area contributed by atoms with Crippen molar-refractivity contribution in [2.24, 2.45) is 0 Å². The molecule has 0 unspecified atom stereocenters. The number of rotatable bonds is 11. The van der Waals surface area contributed by atoms with Gasteiger partial charge in [-0.25, -0.2) is 18.1 Å². The second-order valence-corrected chi connectivity index (χ2v) is 9.02. The molecule has 10 heteroatoms. The van der Waals surface area contributed by atoms with Crippen molar-refractivity contribution in [1.29, 1.82) is 0 Å². The molecule has 0 bridgehead atoms. The van der Waals surface area contributed by atoms with E-state index in [-0.39, 0.29) is 11.4 Å². The van der Waals surface area contributed by atoms with Crippen LogP contribution in [0.15, 0.2) is 53.4 Å². The summed E-state index contributed by atoms with van der Waals surface area (Å²) in [7, 11) is -2.02. The lowest BCUT2D eigenvalue weighted by Gasteiger charge is -2.12. The maximum Gasteiger partial charge on any atom is 0.240 e. The van der Waals surface area contributed by atoms with Crippen LogP contribution in [0.1, 0.15) is 18.2 Å². The van der Waals surface area contributed by atoms with E-state index in [2.05, 4.69) is 25.3 Å². The van der Waals surface area contributed by atoms with E-state index in [4.69, 9.17) is 9.47 Å². The fraction of sp³-hybridized carbons (Fsp3) is 0.304. The Hall–Kier alpha value is -3.37. The molecule has 33 heavy (non-hydrogen) atoms. The highest BCUT2D eigenvalue weighted by molar-refractivity contribution is 7.89. The number of nitrogens with zero attached hydrogens (tertiary/aromatic N) is 2. The summed E-state index contributed by atoms with van der Waals surface area (Å²) in [5, 5.41) is 6.29. The summed E-state index contributed by atoms with van der Waals surface area (Å²) in [6, 6.07) is 14.1. The van der Waals surface area contributed by atoms with E-state index in [1.165, 1.54) is 6.07 Å². The summed E-state index contributed by atoms with van der Waals surface area (Å²) in [6.07, 6.45) is 0. The maximum absolute atomic E-state index is 12.6. The Morgan fingerprint density at radius 1 is 0.970 bits per heavy atom. The van der Waals surface area contributed by atoms with Crippen LogP contribution in [0.3, 0.4) is 0 Å². The number of hydrogen-bond donors (Lipinski definition) is 3. The molecule has 0 aliphatic rings. The van der Waals surface area contributed by atoms with Gasteiger partial charge in [-0.1, -0.05) is 0 Å². The van der Waals surface area contributed by atoms with Crippen molar-refractivity contribution in [3.05, 3.63) is 59.8 Å². The summed E-state index contributed by atoms with van der Waals surface area (Å²) in [4.78, 5) is 9.00. The molecule has 1 aromatic heterocycles. The first-order chi connectivity index (χ1) is 15.8. The predicted molar refractivity (Wildman–Crippen MR) is 129 cm³/mol. The minimum atomic E-state index is -3.64. The predicted octanol–water partition coefficient (Wildman–Crippen LogP) is 3.63. The molecule has 0 aliphatic heterocycles. The highest BCUT2D eigenvalue weighted by Crippen LogP contribution is 2.22. The van der Waals surface area contributed by atoms with Gasteiger partial charge in [0.05, 0.1) is 18.6 Å². The largest absolute Gasteiger partial charge is 0.497 e. The minimum Gasteiger partial charge on any atom is -0.497 e. The smallest absolute Gasteiger partial charge is 0.240 e. The third-order valence-corrected chi connectivity index (χ3v) is 6.13. The van der Waals surface area contributed by atoms with Gasteiger partial charge in [0.1, 0.15) is 17.3 Å². The number of anilines is 3. The highest BCUT2D eigenvalue weighted by atomic mass is 32.2. The van der Waals surface area contributed by atoms with E-state index >= 15 is 0 Å². The van der Waals surface area contributed by atoms with Gasteiger partial charge in [0, 0.05) is 30.5 Å². The number of sulfonamides is 1. The second kappa shape index (κ2) is 11.0. The second-order valence-electron chi connectivity index (χ2n) is 7.26. The normalized spacial score (nSPS) is 11.2. The van der Waals surface area contributed by atoms with Gasteiger partial charge in [0.15, 0.2) is 0 Å². The molecule has 3 rings (SSSR count). The van der Waals surface area contributed by atoms with Crippen LogP contribution in [0.25, 0.3) is 0 Å². The molecule has 2 aromatic carbocycles. The number of nitrogens with one attached hydrogen (secondary N) is 3. The summed E-state index contributed by atoms with van der Waals surface area (Å²) in [5.74, 6) is 2.47. The first-order valence-electron chi connectivity index (χ1n) is 10.5. The fourth-order valence-corrected chi connectivity index (χ4v) is 4.20. The maximum atomic E-state index is 12.6. The Kier molecular flexibility index (Phi) is 8.07. The van der Waals surface area contributed by atoms with Crippen molar-refractivity contribution in [2.45, 2.75) is 25.7 Å². The number of ether oxygens (including phenoxy) is 2. The standard InChI is InChI=1S/C23H29N5O4S/c1-5-32-21-11-10-20(14-16(21)2)33(29,30)25-13-12-24-23-26-17(3)15-22(28-23)27-18-6-8-19(31-4)9-7-18/h6-11,14-15,25H,5,12-13H2,1-4H3,(H2,24,26,27,28). The molecule has 0 saturated heterocycles. The van der Waals surface area contributed by atoms with Crippen molar-refractivity contribution >= 4 is 27.5 Å². The van der Waals surface area contributed by atoms with Crippen LogP contribution in [0.2, 0.25) is 0 Å². The van der Waals surface area contributed by atoms with Crippen LogP contribution in [0.4, 0.5) is 17.5 Å². The van der Waals surface area contributed by atoms with Gasteiger partial charge in [-0.3, -0.25) is 0 Å². The van der Waals surface area contributed by atoms with E-state index in [1.54, 1.807) is 19.2 Å². The highest BCUT2D eigenvalue weighted by Gasteiger charge is 2.15. The minimum absolute atomic E-state index is 0.174. The van der Waals surface area contributed by atoms with Crippen LogP contribution < -0.4 is 24.8 Å². The fourth-order valence-electron chi connectivity index (χ4n) is 3.08. The number of benzene rings is 2. The summed E-state index contributed by atoms with van der Waals surface area (Å²) in [6.45, 7) is 6.58. The van der Waals surface area contributed by atoms with E-state index in [1.807, 2.05) is 51.1 Å². The Morgan fingerprint density at radius 2 is 1.73 bits per heavy atom. The van der Waals surface area contributed by atoms with Crippen molar-refractivity contribution in [3.63, 3.8) is 0 Å².